The van der Waals surface area contributed by atoms with E-state index in [-0.39, 0.29) is 35.9 Å². The van der Waals surface area contributed by atoms with Crippen molar-refractivity contribution in [2.24, 2.45) is 13.0 Å². The number of nitrogens with zero attached hydrogens (tertiary/aromatic N) is 3. The zero-order valence-corrected chi connectivity index (χ0v) is 16.2. The molecule has 1 amide bonds. The van der Waals surface area contributed by atoms with Crippen molar-refractivity contribution in [1.29, 1.82) is 0 Å². The van der Waals surface area contributed by atoms with Crippen molar-refractivity contribution in [3.63, 3.8) is 0 Å². The lowest BCUT2D eigenvalue weighted by molar-refractivity contribution is -0.745. The third-order valence-corrected chi connectivity index (χ3v) is 5.08. The second-order valence-corrected chi connectivity index (χ2v) is 7.02. The van der Waals surface area contributed by atoms with Gasteiger partial charge in [-0.2, -0.15) is 0 Å². The number of anilines is 1. The Bertz CT molecular complexity index is 909. The number of rotatable bonds is 7. The van der Waals surface area contributed by atoms with Crippen molar-refractivity contribution in [2.75, 3.05) is 26.0 Å². The van der Waals surface area contributed by atoms with Crippen LogP contribution in [-0.2, 0) is 21.3 Å². The van der Waals surface area contributed by atoms with Crippen LogP contribution in [0.1, 0.15) is 26.0 Å². The van der Waals surface area contributed by atoms with Crippen molar-refractivity contribution in [3.8, 4) is 0 Å². The van der Waals surface area contributed by atoms with E-state index in [1.165, 1.54) is 0 Å². The fourth-order valence-electron chi connectivity index (χ4n) is 3.66. The van der Waals surface area contributed by atoms with Crippen LogP contribution >= 0.6 is 0 Å². The van der Waals surface area contributed by atoms with Crippen LogP contribution in [0.4, 0.5) is 5.95 Å². The van der Waals surface area contributed by atoms with Crippen LogP contribution in [0.2, 0.25) is 0 Å². The molecule has 1 aliphatic heterocycles. The Hall–Kier alpha value is -2.50. The third kappa shape index (κ3) is 3.86. The van der Waals surface area contributed by atoms with Crippen molar-refractivity contribution < 1.29 is 23.9 Å². The van der Waals surface area contributed by atoms with E-state index < -0.39 is 12.3 Å². The van der Waals surface area contributed by atoms with E-state index in [0.29, 0.717) is 30.7 Å². The number of hydrogen-bond acceptors (Lipinski definition) is 7. The summed E-state index contributed by atoms with van der Waals surface area (Å²) in [5, 5.41) is 13.6. The summed E-state index contributed by atoms with van der Waals surface area (Å²) in [5.74, 6) is -0.346. The summed E-state index contributed by atoms with van der Waals surface area (Å²) >= 11 is 0. The minimum atomic E-state index is -0.861. The molecule has 4 atom stereocenters. The molecule has 0 spiro atoms. The minimum absolute atomic E-state index is 0.0118. The van der Waals surface area contributed by atoms with E-state index in [9.17, 15) is 14.7 Å². The zero-order valence-electron chi connectivity index (χ0n) is 16.2. The average molecular weight is 395 g/mol. The summed E-state index contributed by atoms with van der Waals surface area (Å²) < 4.78 is 14.1. The summed E-state index contributed by atoms with van der Waals surface area (Å²) in [4.78, 5) is 30.8. The summed E-state index contributed by atoms with van der Waals surface area (Å²) in [6.07, 6.45) is 0.533. The van der Waals surface area contributed by atoms with Gasteiger partial charge in [0.2, 0.25) is 17.7 Å². The average Bonchev–Trinajstić information content (AvgIpc) is 3.10. The van der Waals surface area contributed by atoms with Crippen LogP contribution in [0.15, 0.2) is 11.1 Å². The molecule has 0 bridgehead atoms. The Morgan fingerprint density at radius 1 is 1.57 bits per heavy atom. The molecular weight excluding hydrogens is 368 g/mol. The molecule has 0 aromatic carbocycles. The highest BCUT2D eigenvalue weighted by Gasteiger charge is 2.45. The van der Waals surface area contributed by atoms with Gasteiger partial charge in [-0.3, -0.25) is 19.1 Å². The highest BCUT2D eigenvalue weighted by molar-refractivity contribution is 5.75. The summed E-state index contributed by atoms with van der Waals surface area (Å²) in [6.45, 7) is 2.76. The minimum Gasteiger partial charge on any atom is -0.386 e. The molecule has 0 aliphatic carbocycles. The Balaban J connectivity index is 1.76. The number of aryl methyl sites for hydroxylation is 1. The number of amides is 1. The van der Waals surface area contributed by atoms with Crippen molar-refractivity contribution >= 4 is 23.0 Å². The highest BCUT2D eigenvalue weighted by Crippen LogP contribution is 2.34. The number of imidazole rings is 1. The molecule has 1 saturated heterocycles. The van der Waals surface area contributed by atoms with E-state index in [1.807, 2.05) is 6.92 Å². The van der Waals surface area contributed by atoms with E-state index >= 15 is 0 Å². The van der Waals surface area contributed by atoms with Gasteiger partial charge in [0.05, 0.1) is 19.8 Å². The number of fused-ring (bicyclic) bond motifs is 1. The lowest BCUT2D eigenvalue weighted by Gasteiger charge is -2.17. The molecule has 5 N–H and O–H groups in total. The maximum atomic E-state index is 12.2. The molecule has 1 fully saturated rings. The monoisotopic (exact) mass is 395 g/mol. The van der Waals surface area contributed by atoms with E-state index in [4.69, 9.17) is 15.2 Å². The van der Waals surface area contributed by atoms with Crippen LogP contribution in [0, 0.1) is 5.92 Å². The van der Waals surface area contributed by atoms with Crippen molar-refractivity contribution in [2.45, 2.75) is 38.2 Å². The molecule has 3 heterocycles. The molecule has 2 aromatic rings. The van der Waals surface area contributed by atoms with Gasteiger partial charge >= 0.3 is 5.65 Å². The van der Waals surface area contributed by atoms with E-state index in [1.54, 1.807) is 29.6 Å². The molecule has 28 heavy (non-hydrogen) atoms. The summed E-state index contributed by atoms with van der Waals surface area (Å²) in [7, 11) is 3.28. The van der Waals surface area contributed by atoms with Gasteiger partial charge in [-0.25, -0.2) is 4.57 Å². The SMILES string of the molecule is COCCNC(=O)CC[C@@H]1[C@@H](C)OC([n+]2cn(C)c3c(=O)[nH]c(N)nc32)[C@@H]1O. The van der Waals surface area contributed by atoms with Crippen LogP contribution in [-0.4, -0.2) is 58.0 Å². The van der Waals surface area contributed by atoms with Gasteiger partial charge in [0.15, 0.2) is 6.33 Å². The molecule has 11 nitrogen and oxygen atoms in total. The Morgan fingerprint density at radius 2 is 2.32 bits per heavy atom. The Labute approximate surface area is 161 Å². The number of aromatic amines is 1. The highest BCUT2D eigenvalue weighted by atomic mass is 16.5. The predicted octanol–water partition coefficient (Wildman–Crippen LogP) is -1.43. The number of aromatic nitrogens is 4. The second kappa shape index (κ2) is 8.25. The normalized spacial score (nSPS) is 24.7. The number of aliphatic hydroxyl groups is 1. The van der Waals surface area contributed by atoms with Gasteiger partial charge in [0.1, 0.15) is 6.10 Å². The van der Waals surface area contributed by atoms with Gasteiger partial charge in [-0.05, 0) is 13.3 Å². The van der Waals surface area contributed by atoms with Gasteiger partial charge < -0.3 is 25.6 Å². The number of nitrogens with two attached hydrogens (primary N) is 1. The first-order valence-electron chi connectivity index (χ1n) is 9.18. The standard InChI is InChI=1S/C17H26N6O5/c1-9-10(4-5-11(24)19-6-7-27-3)13(25)16(28-9)23-8-22(2)12-14(23)20-17(18)21-15(12)26/h8-10,13,16,25H,4-7H2,1-3H3,(H3-,18,19,20,21,24,26)/p+1/t9-,10-,13-,16?/m1/s1. The van der Waals surface area contributed by atoms with Gasteiger partial charge in [0.25, 0.3) is 11.5 Å². The number of methoxy groups -OCH3 is 1. The molecule has 0 saturated carbocycles. The number of hydrogen-bond donors (Lipinski definition) is 4. The number of H-pyrrole nitrogens is 1. The first-order chi connectivity index (χ1) is 13.3. The summed E-state index contributed by atoms with van der Waals surface area (Å²) in [6, 6.07) is 0. The summed E-state index contributed by atoms with van der Waals surface area (Å²) in [5.41, 5.74) is 5.97. The molecule has 0 radical (unpaired) electrons. The molecule has 1 aliphatic rings. The van der Waals surface area contributed by atoms with Crippen LogP contribution < -0.4 is 21.2 Å². The molecule has 3 rings (SSSR count). The number of aliphatic hydroxyl groups excluding tert-OH is 1. The Morgan fingerprint density at radius 3 is 3.04 bits per heavy atom. The lowest BCUT2D eigenvalue weighted by atomic mass is 9.93. The zero-order chi connectivity index (χ0) is 20.4. The van der Waals surface area contributed by atoms with Crippen molar-refractivity contribution in [3.05, 3.63) is 16.7 Å². The number of carbonyl (C=O) groups excluding carboxylic acids is 1. The van der Waals surface area contributed by atoms with Gasteiger partial charge in [-0.1, -0.05) is 4.98 Å². The Kier molecular flexibility index (Phi) is 5.96. The van der Waals surface area contributed by atoms with Gasteiger partial charge in [-0.15, -0.1) is 0 Å². The molecule has 2 aromatic heterocycles. The number of nitrogens with one attached hydrogen (secondary N) is 2. The lowest BCUT2D eigenvalue weighted by Crippen LogP contribution is -2.45. The fraction of sp³-hybridized carbons (Fsp3) is 0.647. The third-order valence-electron chi connectivity index (χ3n) is 5.08. The largest absolute Gasteiger partial charge is 0.386 e. The van der Waals surface area contributed by atoms with Crippen LogP contribution in [0.3, 0.4) is 0 Å². The number of ether oxygens (including phenoxy) is 2. The first kappa shape index (κ1) is 20.2. The molecular formula is C17H27N6O5+. The first-order valence-corrected chi connectivity index (χ1v) is 9.18. The van der Waals surface area contributed by atoms with Crippen LogP contribution in [0.5, 0.6) is 0 Å². The quantitative estimate of drug-likeness (QED) is 0.332. The number of carbonyl (C=O) groups is 1. The maximum Gasteiger partial charge on any atom is 0.313 e. The van der Waals surface area contributed by atoms with Gasteiger partial charge in [0, 0.05) is 26.0 Å². The smallest absolute Gasteiger partial charge is 0.313 e. The predicted molar refractivity (Wildman–Crippen MR) is 99.1 cm³/mol. The van der Waals surface area contributed by atoms with Crippen molar-refractivity contribution in [1.82, 2.24) is 19.9 Å². The fourth-order valence-corrected chi connectivity index (χ4v) is 3.66. The van der Waals surface area contributed by atoms with E-state index in [0.717, 1.165) is 0 Å². The van der Waals surface area contributed by atoms with E-state index in [2.05, 4.69) is 15.3 Å². The molecule has 154 valence electrons. The maximum absolute atomic E-state index is 12.2. The molecule has 11 heteroatoms. The topological polar surface area (TPSA) is 148 Å². The molecule has 1 unspecified atom stereocenters. The van der Waals surface area contributed by atoms with Crippen LogP contribution in [0.25, 0.3) is 11.2 Å². The second-order valence-electron chi connectivity index (χ2n) is 7.02. The number of nitrogen functional groups attached to an aromatic ring is 1.